The Morgan fingerprint density at radius 1 is 1.43 bits per heavy atom. The molecule has 130 valence electrons. The lowest BCUT2D eigenvalue weighted by atomic mass is 10.2. The third-order valence-corrected chi connectivity index (χ3v) is 4.09. The average molecular weight is 332 g/mol. The first-order valence-corrected chi connectivity index (χ1v) is 7.94. The van der Waals surface area contributed by atoms with Gasteiger partial charge < -0.3 is 5.32 Å². The molecule has 0 saturated heterocycles. The number of carbonyl (C=O) groups excluding carboxylic acids is 1. The first-order valence-electron chi connectivity index (χ1n) is 7.94. The normalized spacial score (nSPS) is 16.7. The van der Waals surface area contributed by atoms with Crippen LogP contribution in [0.4, 0.5) is 18.9 Å². The summed E-state index contributed by atoms with van der Waals surface area (Å²) in [4.78, 5) is 14.3. The van der Waals surface area contributed by atoms with E-state index in [1.54, 1.807) is 6.92 Å². The molecule has 0 bridgehead atoms. The molecule has 0 spiro atoms. The lowest BCUT2D eigenvalue weighted by molar-refractivity contribution is -0.142. The van der Waals surface area contributed by atoms with Crippen LogP contribution in [0.1, 0.15) is 45.2 Å². The van der Waals surface area contributed by atoms with Crippen LogP contribution in [0.5, 0.6) is 0 Å². The van der Waals surface area contributed by atoms with Crippen LogP contribution < -0.4 is 5.32 Å². The fraction of sp³-hybridized carbons (Fsp3) is 0.733. The molecule has 0 aromatic carbocycles. The standard InChI is InChI=1S/C15H23F3N4O/c1-4-21(5-2)10(3)14(23)19-12-8-22(9-15(16,17)18)20-13(12)11-6-7-11/h8,10-11H,4-7,9H2,1-3H3,(H,19,23)/t10-/m1/s1. The van der Waals surface area contributed by atoms with Crippen molar-refractivity contribution in [3.63, 3.8) is 0 Å². The van der Waals surface area contributed by atoms with E-state index in [0.29, 0.717) is 11.4 Å². The molecule has 1 heterocycles. The number of amides is 1. The summed E-state index contributed by atoms with van der Waals surface area (Å²) in [6.07, 6.45) is -1.24. The molecule has 0 unspecified atom stereocenters. The average Bonchev–Trinajstić information content (AvgIpc) is 3.22. The first-order chi connectivity index (χ1) is 10.7. The van der Waals surface area contributed by atoms with Crippen molar-refractivity contribution in [2.45, 2.75) is 58.3 Å². The maximum absolute atomic E-state index is 12.5. The largest absolute Gasteiger partial charge is 0.408 e. The third-order valence-electron chi connectivity index (χ3n) is 4.09. The molecule has 1 N–H and O–H groups in total. The Kier molecular flexibility index (Phi) is 5.33. The van der Waals surface area contributed by atoms with Crippen LogP contribution >= 0.6 is 0 Å². The second kappa shape index (κ2) is 6.90. The van der Waals surface area contributed by atoms with Gasteiger partial charge in [0.1, 0.15) is 6.54 Å². The minimum absolute atomic E-state index is 0.156. The van der Waals surface area contributed by atoms with Crippen molar-refractivity contribution in [1.29, 1.82) is 0 Å². The number of anilines is 1. The Hall–Kier alpha value is -1.57. The van der Waals surface area contributed by atoms with Gasteiger partial charge in [0.05, 0.1) is 17.4 Å². The van der Waals surface area contributed by atoms with Gasteiger partial charge in [-0.25, -0.2) is 0 Å². The topological polar surface area (TPSA) is 50.2 Å². The Morgan fingerprint density at radius 2 is 2.04 bits per heavy atom. The Balaban J connectivity index is 2.13. The smallest absolute Gasteiger partial charge is 0.322 e. The van der Waals surface area contributed by atoms with Crippen molar-refractivity contribution < 1.29 is 18.0 Å². The quantitative estimate of drug-likeness (QED) is 0.835. The fourth-order valence-electron chi connectivity index (χ4n) is 2.63. The maximum Gasteiger partial charge on any atom is 0.408 e. The maximum atomic E-state index is 12.5. The van der Waals surface area contributed by atoms with Gasteiger partial charge in [0.2, 0.25) is 5.91 Å². The van der Waals surface area contributed by atoms with E-state index in [-0.39, 0.29) is 17.9 Å². The fourth-order valence-corrected chi connectivity index (χ4v) is 2.63. The number of aromatic nitrogens is 2. The summed E-state index contributed by atoms with van der Waals surface area (Å²) in [7, 11) is 0. The van der Waals surface area contributed by atoms with Crippen LogP contribution in [-0.2, 0) is 11.3 Å². The predicted octanol–water partition coefficient (Wildman–Crippen LogP) is 2.99. The zero-order valence-corrected chi connectivity index (χ0v) is 13.7. The zero-order valence-electron chi connectivity index (χ0n) is 13.7. The van der Waals surface area contributed by atoms with Gasteiger partial charge in [-0.2, -0.15) is 18.3 Å². The summed E-state index contributed by atoms with van der Waals surface area (Å²) in [6.45, 7) is 6.03. The number of hydrogen-bond acceptors (Lipinski definition) is 3. The summed E-state index contributed by atoms with van der Waals surface area (Å²) >= 11 is 0. The van der Waals surface area contributed by atoms with Crippen LogP contribution in [0.3, 0.4) is 0 Å². The lowest BCUT2D eigenvalue weighted by Crippen LogP contribution is -2.41. The van der Waals surface area contributed by atoms with E-state index < -0.39 is 12.7 Å². The zero-order chi connectivity index (χ0) is 17.2. The molecule has 5 nitrogen and oxygen atoms in total. The van der Waals surface area contributed by atoms with E-state index in [9.17, 15) is 18.0 Å². The lowest BCUT2D eigenvalue weighted by Gasteiger charge is -2.25. The second-order valence-corrected chi connectivity index (χ2v) is 5.90. The summed E-state index contributed by atoms with van der Waals surface area (Å²) in [5.41, 5.74) is 0.968. The van der Waals surface area contributed by atoms with Gasteiger partial charge in [0.25, 0.3) is 0 Å². The van der Waals surface area contributed by atoms with E-state index in [4.69, 9.17) is 0 Å². The van der Waals surface area contributed by atoms with Gasteiger partial charge >= 0.3 is 6.18 Å². The minimum atomic E-state index is -4.33. The van der Waals surface area contributed by atoms with Crippen molar-refractivity contribution in [2.75, 3.05) is 18.4 Å². The molecule has 1 atom stereocenters. The molecule has 23 heavy (non-hydrogen) atoms. The number of hydrogen-bond donors (Lipinski definition) is 1. The Labute approximate surface area is 133 Å². The molecule has 1 aromatic rings. The number of halogens is 3. The van der Waals surface area contributed by atoms with Crippen molar-refractivity contribution in [2.24, 2.45) is 0 Å². The first kappa shape index (κ1) is 17.8. The monoisotopic (exact) mass is 332 g/mol. The van der Waals surface area contributed by atoms with Crippen molar-refractivity contribution in [1.82, 2.24) is 14.7 Å². The molecule has 1 saturated carbocycles. The number of carbonyl (C=O) groups is 1. The van der Waals surface area contributed by atoms with Gasteiger partial charge in [0.15, 0.2) is 0 Å². The van der Waals surface area contributed by atoms with E-state index in [0.717, 1.165) is 30.6 Å². The van der Waals surface area contributed by atoms with Gasteiger partial charge in [0, 0.05) is 12.1 Å². The number of rotatable bonds is 7. The molecule has 0 radical (unpaired) electrons. The molecular formula is C15H23F3N4O. The molecule has 2 rings (SSSR count). The molecule has 1 aliphatic carbocycles. The highest BCUT2D eigenvalue weighted by Gasteiger charge is 2.33. The highest BCUT2D eigenvalue weighted by atomic mass is 19.4. The van der Waals surface area contributed by atoms with Crippen LogP contribution in [0, 0.1) is 0 Å². The number of nitrogens with one attached hydrogen (secondary N) is 1. The summed E-state index contributed by atoms with van der Waals surface area (Å²) in [5, 5.41) is 6.78. The van der Waals surface area contributed by atoms with Crippen LogP contribution in [0.2, 0.25) is 0 Å². The molecule has 8 heteroatoms. The van der Waals surface area contributed by atoms with E-state index in [1.807, 2.05) is 18.7 Å². The number of likely N-dealkylation sites (N-methyl/N-ethyl adjacent to an activating group) is 1. The molecule has 1 aliphatic rings. The number of nitrogens with zero attached hydrogens (tertiary/aromatic N) is 3. The van der Waals surface area contributed by atoms with E-state index in [1.165, 1.54) is 6.20 Å². The van der Waals surface area contributed by atoms with Gasteiger partial charge in [-0.1, -0.05) is 13.8 Å². The van der Waals surface area contributed by atoms with Crippen molar-refractivity contribution >= 4 is 11.6 Å². The minimum Gasteiger partial charge on any atom is -0.322 e. The number of alkyl halides is 3. The molecule has 1 fully saturated rings. The molecular weight excluding hydrogens is 309 g/mol. The van der Waals surface area contributed by atoms with Crippen LogP contribution in [-0.4, -0.2) is 45.9 Å². The van der Waals surface area contributed by atoms with Gasteiger partial charge in [-0.05, 0) is 32.9 Å². The van der Waals surface area contributed by atoms with E-state index >= 15 is 0 Å². The molecule has 1 aromatic heterocycles. The second-order valence-electron chi connectivity index (χ2n) is 5.90. The summed E-state index contributed by atoms with van der Waals surface area (Å²) in [6, 6.07) is -0.344. The van der Waals surface area contributed by atoms with Crippen molar-refractivity contribution in [3.05, 3.63) is 11.9 Å². The van der Waals surface area contributed by atoms with Crippen LogP contribution in [0.25, 0.3) is 0 Å². The van der Waals surface area contributed by atoms with Gasteiger partial charge in [-0.15, -0.1) is 0 Å². The summed E-state index contributed by atoms with van der Waals surface area (Å²) < 4.78 is 38.5. The van der Waals surface area contributed by atoms with E-state index in [2.05, 4.69) is 10.4 Å². The Bertz CT molecular complexity index is 547. The predicted molar refractivity (Wildman–Crippen MR) is 81.3 cm³/mol. The Morgan fingerprint density at radius 3 is 2.52 bits per heavy atom. The van der Waals surface area contributed by atoms with Gasteiger partial charge in [-0.3, -0.25) is 14.4 Å². The molecule has 0 aliphatic heterocycles. The highest BCUT2D eigenvalue weighted by Crippen LogP contribution is 2.42. The highest BCUT2D eigenvalue weighted by molar-refractivity contribution is 5.95. The third kappa shape index (κ3) is 4.70. The SMILES string of the molecule is CCN(CC)[C@H](C)C(=O)Nc1cn(CC(F)(F)F)nc1C1CC1. The summed E-state index contributed by atoms with van der Waals surface area (Å²) in [5.74, 6) is -0.0642. The van der Waals surface area contributed by atoms with Crippen molar-refractivity contribution in [3.8, 4) is 0 Å². The molecule has 1 amide bonds. The van der Waals surface area contributed by atoms with Crippen LogP contribution in [0.15, 0.2) is 6.20 Å².